The summed E-state index contributed by atoms with van der Waals surface area (Å²) in [4.78, 5) is 10.9. The van der Waals surface area contributed by atoms with E-state index in [0.717, 1.165) is 12.8 Å². The summed E-state index contributed by atoms with van der Waals surface area (Å²) in [6, 6.07) is 3.11. The second kappa shape index (κ2) is 4.72. The van der Waals surface area contributed by atoms with Gasteiger partial charge in [-0.25, -0.2) is 4.39 Å². The number of hydrogen-bond donors (Lipinski definition) is 1. The van der Waals surface area contributed by atoms with Crippen molar-refractivity contribution in [3.63, 3.8) is 0 Å². The highest BCUT2D eigenvalue weighted by Crippen LogP contribution is 2.47. The molecule has 1 aliphatic carbocycles. The molecular weight excluding hydrogens is 251 g/mol. The number of carboxylic acids is 1. The van der Waals surface area contributed by atoms with Crippen molar-refractivity contribution >= 4 is 5.97 Å². The average molecular weight is 266 g/mol. The lowest BCUT2D eigenvalue weighted by Crippen LogP contribution is -2.17. The largest absolute Gasteiger partial charge is 0.486 e. The zero-order valence-corrected chi connectivity index (χ0v) is 10.4. The Labute approximate surface area is 110 Å². The van der Waals surface area contributed by atoms with Gasteiger partial charge in [-0.05, 0) is 42.4 Å². The predicted octanol–water partition coefficient (Wildman–Crippen LogP) is 2.57. The van der Waals surface area contributed by atoms with Gasteiger partial charge in [0.2, 0.25) is 0 Å². The Morgan fingerprint density at radius 3 is 2.79 bits per heavy atom. The van der Waals surface area contributed by atoms with Crippen LogP contribution < -0.4 is 9.47 Å². The van der Waals surface area contributed by atoms with Gasteiger partial charge in [0, 0.05) is 0 Å². The summed E-state index contributed by atoms with van der Waals surface area (Å²) in [5, 5.41) is 8.98. The number of carboxylic acid groups (broad SMARTS) is 1. The van der Waals surface area contributed by atoms with Crippen molar-refractivity contribution in [2.24, 2.45) is 5.92 Å². The maximum atomic E-state index is 14.0. The monoisotopic (exact) mass is 266 g/mol. The molecule has 1 atom stereocenters. The number of ether oxygens (including phenoxy) is 2. The van der Waals surface area contributed by atoms with Crippen LogP contribution in [0, 0.1) is 11.7 Å². The molecule has 0 radical (unpaired) electrons. The fraction of sp³-hybridized carbons (Fsp3) is 0.500. The highest BCUT2D eigenvalue weighted by atomic mass is 19.1. The third-order valence-corrected chi connectivity index (χ3v) is 3.63. The molecule has 5 heteroatoms. The lowest BCUT2D eigenvalue weighted by Gasteiger charge is -2.22. The van der Waals surface area contributed by atoms with Gasteiger partial charge in [0.15, 0.2) is 17.3 Å². The lowest BCUT2D eigenvalue weighted by molar-refractivity contribution is -0.137. The number of hydrogen-bond acceptors (Lipinski definition) is 3. The highest BCUT2D eigenvalue weighted by molar-refractivity contribution is 5.68. The van der Waals surface area contributed by atoms with Crippen molar-refractivity contribution in [3.05, 3.63) is 23.5 Å². The van der Waals surface area contributed by atoms with E-state index in [0.29, 0.717) is 30.4 Å². The van der Waals surface area contributed by atoms with Crippen LogP contribution in [0.25, 0.3) is 0 Å². The van der Waals surface area contributed by atoms with E-state index in [4.69, 9.17) is 14.6 Å². The summed E-state index contributed by atoms with van der Waals surface area (Å²) in [6.07, 6.45) is 2.05. The first-order chi connectivity index (χ1) is 9.15. The van der Waals surface area contributed by atoms with Gasteiger partial charge in [0.1, 0.15) is 13.2 Å². The number of halogens is 1. The summed E-state index contributed by atoms with van der Waals surface area (Å²) in [7, 11) is 0. The zero-order chi connectivity index (χ0) is 13.4. The summed E-state index contributed by atoms with van der Waals surface area (Å²) in [5.41, 5.74) is 0.701. The topological polar surface area (TPSA) is 55.8 Å². The van der Waals surface area contributed by atoms with Crippen molar-refractivity contribution < 1.29 is 23.8 Å². The SMILES string of the molecule is O=C(O)CC(c1cc(F)c2c(c1)OCCO2)C1CC1. The predicted molar refractivity (Wildman–Crippen MR) is 65.1 cm³/mol. The normalized spacial score (nSPS) is 19.0. The molecule has 0 amide bonds. The summed E-state index contributed by atoms with van der Waals surface area (Å²) < 4.78 is 24.6. The van der Waals surface area contributed by atoms with Gasteiger partial charge < -0.3 is 14.6 Å². The Morgan fingerprint density at radius 2 is 2.11 bits per heavy atom. The Balaban J connectivity index is 1.94. The molecule has 4 nitrogen and oxygen atoms in total. The second-order valence-electron chi connectivity index (χ2n) is 5.07. The van der Waals surface area contributed by atoms with Crippen LogP contribution in [0.2, 0.25) is 0 Å². The molecule has 0 bridgehead atoms. The van der Waals surface area contributed by atoms with Gasteiger partial charge in [-0.2, -0.15) is 0 Å². The summed E-state index contributed by atoms with van der Waals surface area (Å²) in [6.45, 7) is 0.730. The average Bonchev–Trinajstić information content (AvgIpc) is 3.20. The molecule has 3 rings (SSSR count). The van der Waals surface area contributed by atoms with E-state index in [-0.39, 0.29) is 18.1 Å². The first-order valence-electron chi connectivity index (χ1n) is 6.46. The fourth-order valence-corrected chi connectivity index (χ4v) is 2.59. The van der Waals surface area contributed by atoms with Crippen LogP contribution in [-0.2, 0) is 4.79 Å². The molecule has 102 valence electrons. The molecule has 1 unspecified atom stereocenters. The smallest absolute Gasteiger partial charge is 0.303 e. The van der Waals surface area contributed by atoms with Crippen LogP contribution in [0.4, 0.5) is 4.39 Å². The standard InChI is InChI=1S/C14H15FO4/c15-11-5-9(6-12-14(11)19-4-3-18-12)10(7-13(16)17)8-1-2-8/h5-6,8,10H,1-4,7H2,(H,16,17). The van der Waals surface area contributed by atoms with E-state index in [1.54, 1.807) is 6.07 Å². The van der Waals surface area contributed by atoms with Gasteiger partial charge in [0.05, 0.1) is 6.42 Å². The third kappa shape index (κ3) is 2.50. The van der Waals surface area contributed by atoms with Crippen LogP contribution in [0.3, 0.4) is 0 Å². The first kappa shape index (κ1) is 12.3. The lowest BCUT2D eigenvalue weighted by atomic mass is 9.90. The van der Waals surface area contributed by atoms with Gasteiger partial charge in [0.25, 0.3) is 0 Å². The fourth-order valence-electron chi connectivity index (χ4n) is 2.59. The minimum atomic E-state index is -0.854. The van der Waals surface area contributed by atoms with Gasteiger partial charge in [-0.1, -0.05) is 0 Å². The van der Waals surface area contributed by atoms with E-state index in [2.05, 4.69) is 0 Å². The molecule has 1 aliphatic heterocycles. The Kier molecular flexibility index (Phi) is 3.05. The molecule has 1 heterocycles. The summed E-state index contributed by atoms with van der Waals surface area (Å²) in [5.74, 6) is -0.589. The van der Waals surface area contributed by atoms with Crippen LogP contribution in [0.15, 0.2) is 12.1 Å². The van der Waals surface area contributed by atoms with Crippen molar-refractivity contribution in [2.75, 3.05) is 13.2 Å². The van der Waals surface area contributed by atoms with Gasteiger partial charge in [-0.3, -0.25) is 4.79 Å². The number of aliphatic carboxylic acids is 1. The quantitative estimate of drug-likeness (QED) is 0.910. The minimum Gasteiger partial charge on any atom is -0.486 e. The van der Waals surface area contributed by atoms with Gasteiger partial charge in [-0.15, -0.1) is 0 Å². The third-order valence-electron chi connectivity index (χ3n) is 3.63. The molecule has 0 aromatic heterocycles. The molecule has 1 N–H and O–H groups in total. The van der Waals surface area contributed by atoms with Crippen molar-refractivity contribution in [2.45, 2.75) is 25.2 Å². The van der Waals surface area contributed by atoms with E-state index in [9.17, 15) is 9.18 Å². The number of benzene rings is 1. The molecule has 2 aliphatic rings. The molecule has 1 aromatic carbocycles. The Bertz CT molecular complexity index is 510. The second-order valence-corrected chi connectivity index (χ2v) is 5.07. The van der Waals surface area contributed by atoms with Crippen molar-refractivity contribution in [1.29, 1.82) is 0 Å². The van der Waals surface area contributed by atoms with E-state index >= 15 is 0 Å². The van der Waals surface area contributed by atoms with Crippen LogP contribution in [-0.4, -0.2) is 24.3 Å². The van der Waals surface area contributed by atoms with E-state index in [1.165, 1.54) is 6.07 Å². The molecular formula is C14H15FO4. The minimum absolute atomic E-state index is 0.0315. The maximum Gasteiger partial charge on any atom is 0.303 e. The number of rotatable bonds is 4. The first-order valence-corrected chi connectivity index (χ1v) is 6.46. The zero-order valence-electron chi connectivity index (χ0n) is 10.4. The molecule has 1 saturated carbocycles. The molecule has 0 saturated heterocycles. The van der Waals surface area contributed by atoms with Gasteiger partial charge >= 0.3 is 5.97 Å². The molecule has 1 fully saturated rings. The number of carbonyl (C=O) groups is 1. The van der Waals surface area contributed by atoms with E-state index in [1.807, 2.05) is 0 Å². The molecule has 0 spiro atoms. The summed E-state index contributed by atoms with van der Waals surface area (Å²) >= 11 is 0. The van der Waals surface area contributed by atoms with Crippen molar-refractivity contribution in [1.82, 2.24) is 0 Å². The highest BCUT2D eigenvalue weighted by Gasteiger charge is 2.35. The molecule has 19 heavy (non-hydrogen) atoms. The van der Waals surface area contributed by atoms with Crippen LogP contribution in [0.5, 0.6) is 11.5 Å². The number of fused-ring (bicyclic) bond motifs is 1. The maximum absolute atomic E-state index is 14.0. The Morgan fingerprint density at radius 1 is 1.37 bits per heavy atom. The van der Waals surface area contributed by atoms with Crippen molar-refractivity contribution in [3.8, 4) is 11.5 Å². The van der Waals surface area contributed by atoms with Crippen LogP contribution in [0.1, 0.15) is 30.7 Å². The molecule has 1 aromatic rings. The van der Waals surface area contributed by atoms with E-state index < -0.39 is 11.8 Å². The van der Waals surface area contributed by atoms with Crippen LogP contribution >= 0.6 is 0 Å². The Hall–Kier alpha value is -1.78.